The number of hydrogen-bond donors (Lipinski definition) is 1. The predicted molar refractivity (Wildman–Crippen MR) is 141 cm³/mol. The van der Waals surface area contributed by atoms with E-state index in [1.165, 1.54) is 0 Å². The Balaban J connectivity index is 1.28. The Labute approximate surface area is 214 Å². The van der Waals surface area contributed by atoms with Gasteiger partial charge in [0.15, 0.2) is 0 Å². The summed E-state index contributed by atoms with van der Waals surface area (Å²) in [4.78, 5) is 32.1. The molecule has 0 saturated carbocycles. The smallest absolute Gasteiger partial charge is 0.238 e. The van der Waals surface area contributed by atoms with E-state index < -0.39 is 0 Å². The number of rotatable bonds is 9. The van der Waals surface area contributed by atoms with Gasteiger partial charge in [0.05, 0.1) is 27.3 Å². The van der Waals surface area contributed by atoms with Crippen LogP contribution in [0.3, 0.4) is 0 Å². The summed E-state index contributed by atoms with van der Waals surface area (Å²) in [6.45, 7) is 6.39. The SMILES string of the molecule is CCc1ccccc1NC(=O)CN1CCN(C(=O)CN2CCCC2c2ccc(OC)cc2OC)CC1. The number of likely N-dealkylation sites (tertiary alicyclic amines) is 1. The van der Waals surface area contributed by atoms with Gasteiger partial charge in [-0.05, 0) is 43.5 Å². The van der Waals surface area contributed by atoms with Crippen LogP contribution in [0.4, 0.5) is 5.69 Å². The second kappa shape index (κ2) is 12.2. The number of anilines is 1. The van der Waals surface area contributed by atoms with Gasteiger partial charge in [-0.1, -0.05) is 31.2 Å². The molecular formula is C28H38N4O4. The van der Waals surface area contributed by atoms with Gasteiger partial charge in [-0.25, -0.2) is 0 Å². The highest BCUT2D eigenvalue weighted by Gasteiger charge is 2.32. The highest BCUT2D eigenvalue weighted by Crippen LogP contribution is 2.38. The summed E-state index contributed by atoms with van der Waals surface area (Å²) in [5.41, 5.74) is 3.12. The molecule has 2 saturated heterocycles. The molecule has 4 rings (SSSR count). The second-order valence-corrected chi connectivity index (χ2v) is 9.45. The number of methoxy groups -OCH3 is 2. The van der Waals surface area contributed by atoms with Crippen molar-refractivity contribution in [2.24, 2.45) is 0 Å². The normalized spacial score (nSPS) is 18.8. The summed E-state index contributed by atoms with van der Waals surface area (Å²) < 4.78 is 11.0. The second-order valence-electron chi connectivity index (χ2n) is 9.45. The van der Waals surface area contributed by atoms with Gasteiger partial charge < -0.3 is 19.7 Å². The van der Waals surface area contributed by atoms with E-state index in [1.807, 2.05) is 47.4 Å². The first kappa shape index (κ1) is 26.0. The summed E-state index contributed by atoms with van der Waals surface area (Å²) in [6.07, 6.45) is 2.93. The fourth-order valence-corrected chi connectivity index (χ4v) is 5.23. The van der Waals surface area contributed by atoms with Gasteiger partial charge in [-0.2, -0.15) is 0 Å². The van der Waals surface area contributed by atoms with Crippen molar-refractivity contribution in [2.75, 3.05) is 65.3 Å². The van der Waals surface area contributed by atoms with Gasteiger partial charge in [-0.3, -0.25) is 19.4 Å². The Morgan fingerprint density at radius 1 is 0.972 bits per heavy atom. The van der Waals surface area contributed by atoms with Crippen LogP contribution in [0.1, 0.15) is 36.9 Å². The van der Waals surface area contributed by atoms with Gasteiger partial charge in [-0.15, -0.1) is 0 Å². The fraction of sp³-hybridized carbons (Fsp3) is 0.500. The monoisotopic (exact) mass is 494 g/mol. The lowest BCUT2D eigenvalue weighted by molar-refractivity contribution is -0.134. The van der Waals surface area contributed by atoms with Crippen molar-refractivity contribution in [1.29, 1.82) is 0 Å². The van der Waals surface area contributed by atoms with Crippen molar-refractivity contribution in [3.8, 4) is 11.5 Å². The Kier molecular flexibility index (Phi) is 8.83. The molecule has 2 amide bonds. The summed E-state index contributed by atoms with van der Waals surface area (Å²) >= 11 is 0. The number of benzene rings is 2. The molecule has 0 aromatic heterocycles. The highest BCUT2D eigenvalue weighted by atomic mass is 16.5. The molecule has 0 spiro atoms. The van der Waals surface area contributed by atoms with E-state index in [4.69, 9.17) is 9.47 Å². The van der Waals surface area contributed by atoms with E-state index in [0.29, 0.717) is 39.3 Å². The molecule has 2 aromatic carbocycles. The number of para-hydroxylation sites is 1. The third kappa shape index (κ3) is 6.17. The van der Waals surface area contributed by atoms with Crippen LogP contribution in [0, 0.1) is 0 Å². The van der Waals surface area contributed by atoms with Crippen LogP contribution in [-0.2, 0) is 16.0 Å². The molecule has 2 heterocycles. The average molecular weight is 495 g/mol. The lowest BCUT2D eigenvalue weighted by atomic mass is 10.0. The van der Waals surface area contributed by atoms with E-state index in [1.54, 1.807) is 14.2 Å². The van der Waals surface area contributed by atoms with Crippen molar-refractivity contribution in [1.82, 2.24) is 14.7 Å². The number of aryl methyl sites for hydroxylation is 1. The van der Waals surface area contributed by atoms with Crippen LogP contribution in [0.25, 0.3) is 0 Å². The molecule has 2 aliphatic heterocycles. The Morgan fingerprint density at radius 3 is 2.47 bits per heavy atom. The Hall–Kier alpha value is -3.10. The zero-order valence-corrected chi connectivity index (χ0v) is 21.7. The number of carbonyl (C=O) groups is 2. The number of nitrogens with zero attached hydrogens (tertiary/aromatic N) is 3. The Morgan fingerprint density at radius 2 is 1.75 bits per heavy atom. The van der Waals surface area contributed by atoms with E-state index >= 15 is 0 Å². The zero-order valence-electron chi connectivity index (χ0n) is 21.7. The number of carbonyl (C=O) groups excluding carboxylic acids is 2. The van der Waals surface area contributed by atoms with Crippen molar-refractivity contribution in [2.45, 2.75) is 32.2 Å². The largest absolute Gasteiger partial charge is 0.497 e. The van der Waals surface area contributed by atoms with E-state index in [9.17, 15) is 9.59 Å². The number of hydrogen-bond acceptors (Lipinski definition) is 6. The first-order chi connectivity index (χ1) is 17.5. The summed E-state index contributed by atoms with van der Waals surface area (Å²) in [7, 11) is 3.32. The molecule has 36 heavy (non-hydrogen) atoms. The molecule has 8 nitrogen and oxygen atoms in total. The number of amides is 2. The lowest BCUT2D eigenvalue weighted by Crippen LogP contribution is -2.52. The minimum Gasteiger partial charge on any atom is -0.497 e. The summed E-state index contributed by atoms with van der Waals surface area (Å²) in [5.74, 6) is 1.70. The molecule has 2 aromatic rings. The zero-order chi connectivity index (χ0) is 25.5. The number of piperazine rings is 1. The van der Waals surface area contributed by atoms with Gasteiger partial charge >= 0.3 is 0 Å². The van der Waals surface area contributed by atoms with Crippen molar-refractivity contribution in [3.63, 3.8) is 0 Å². The molecule has 1 N–H and O–H groups in total. The van der Waals surface area contributed by atoms with Crippen molar-refractivity contribution >= 4 is 17.5 Å². The minimum atomic E-state index is -0.0102. The first-order valence-electron chi connectivity index (χ1n) is 12.9. The van der Waals surface area contributed by atoms with Crippen LogP contribution >= 0.6 is 0 Å². The predicted octanol–water partition coefficient (Wildman–Crippen LogP) is 3.19. The molecule has 0 radical (unpaired) electrons. The van der Waals surface area contributed by atoms with Gasteiger partial charge in [0.25, 0.3) is 0 Å². The lowest BCUT2D eigenvalue weighted by Gasteiger charge is -2.36. The maximum absolute atomic E-state index is 13.2. The van der Waals surface area contributed by atoms with Crippen molar-refractivity contribution in [3.05, 3.63) is 53.6 Å². The van der Waals surface area contributed by atoms with E-state index in [-0.39, 0.29) is 17.9 Å². The maximum atomic E-state index is 13.2. The fourth-order valence-electron chi connectivity index (χ4n) is 5.23. The quantitative estimate of drug-likeness (QED) is 0.577. The number of nitrogens with one attached hydrogen (secondary N) is 1. The van der Waals surface area contributed by atoms with Crippen molar-refractivity contribution < 1.29 is 19.1 Å². The Bertz CT molecular complexity index is 1050. The number of ether oxygens (including phenoxy) is 2. The molecule has 2 aliphatic rings. The summed E-state index contributed by atoms with van der Waals surface area (Å²) in [6, 6.07) is 14.0. The van der Waals surface area contributed by atoms with Crippen LogP contribution in [0.5, 0.6) is 11.5 Å². The molecular weight excluding hydrogens is 456 g/mol. The van der Waals surface area contributed by atoms with E-state index in [0.717, 1.165) is 54.1 Å². The van der Waals surface area contributed by atoms with Gasteiger partial charge in [0.2, 0.25) is 11.8 Å². The minimum absolute atomic E-state index is 0.0102. The van der Waals surface area contributed by atoms with Gasteiger partial charge in [0, 0.05) is 49.5 Å². The van der Waals surface area contributed by atoms with Crippen LogP contribution in [-0.4, -0.2) is 86.5 Å². The molecule has 1 unspecified atom stereocenters. The molecule has 194 valence electrons. The topological polar surface area (TPSA) is 74.4 Å². The summed E-state index contributed by atoms with van der Waals surface area (Å²) in [5, 5.41) is 3.04. The van der Waals surface area contributed by atoms with Gasteiger partial charge in [0.1, 0.15) is 11.5 Å². The van der Waals surface area contributed by atoms with Crippen LogP contribution in [0.15, 0.2) is 42.5 Å². The van der Waals surface area contributed by atoms with Crippen LogP contribution < -0.4 is 14.8 Å². The van der Waals surface area contributed by atoms with Crippen LogP contribution in [0.2, 0.25) is 0 Å². The van der Waals surface area contributed by atoms with E-state index in [2.05, 4.69) is 22.0 Å². The highest BCUT2D eigenvalue weighted by molar-refractivity contribution is 5.93. The molecule has 1 atom stereocenters. The molecule has 2 fully saturated rings. The molecule has 8 heteroatoms. The maximum Gasteiger partial charge on any atom is 0.238 e. The average Bonchev–Trinajstić information content (AvgIpc) is 3.36. The molecule has 0 bridgehead atoms. The third-order valence-corrected chi connectivity index (χ3v) is 7.27. The first-order valence-corrected chi connectivity index (χ1v) is 12.9. The molecule has 0 aliphatic carbocycles. The standard InChI is InChI=1S/C28H38N4O4/c1-4-21-8-5-6-9-24(21)29-27(33)19-30-14-16-31(17-15-30)28(34)20-32-13-7-10-25(32)23-12-11-22(35-2)18-26(23)36-3/h5-6,8-9,11-12,18,25H,4,7,10,13-17,19-20H2,1-3H3,(H,29,33). The third-order valence-electron chi connectivity index (χ3n) is 7.27.